The normalized spacial score (nSPS) is 20.2. The maximum atomic E-state index is 5.93. The van der Waals surface area contributed by atoms with Gasteiger partial charge in [0.1, 0.15) is 0 Å². The average molecular weight is 290 g/mol. The maximum absolute atomic E-state index is 5.93. The van der Waals surface area contributed by atoms with Crippen LogP contribution in [0.25, 0.3) is 10.2 Å². The van der Waals surface area contributed by atoms with Crippen molar-refractivity contribution in [2.75, 3.05) is 24.6 Å². The molecule has 1 aliphatic rings. The van der Waals surface area contributed by atoms with Gasteiger partial charge in [0, 0.05) is 25.9 Å². The fourth-order valence-electron chi connectivity index (χ4n) is 2.87. The second kappa shape index (κ2) is 6.55. The Morgan fingerprint density at radius 1 is 1.35 bits per heavy atom. The van der Waals surface area contributed by atoms with Crippen molar-refractivity contribution >= 4 is 27.2 Å². The van der Waals surface area contributed by atoms with Gasteiger partial charge < -0.3 is 9.64 Å². The van der Waals surface area contributed by atoms with Crippen LogP contribution in [0.5, 0.6) is 0 Å². The van der Waals surface area contributed by atoms with Gasteiger partial charge in [-0.25, -0.2) is 0 Å². The number of ether oxygens (including phenoxy) is 1. The Balaban J connectivity index is 1.73. The molecule has 0 bridgehead atoms. The van der Waals surface area contributed by atoms with Crippen molar-refractivity contribution in [2.24, 2.45) is 0 Å². The van der Waals surface area contributed by atoms with E-state index in [1.54, 1.807) is 11.3 Å². The van der Waals surface area contributed by atoms with Crippen LogP contribution in [0, 0.1) is 0 Å². The fourth-order valence-corrected chi connectivity index (χ4v) is 3.76. The van der Waals surface area contributed by atoms with E-state index in [1.165, 1.54) is 23.2 Å². The smallest absolute Gasteiger partial charge is 0.0830 e. The lowest BCUT2D eigenvalue weighted by atomic mass is 10.2. The highest BCUT2D eigenvalue weighted by molar-refractivity contribution is 7.17. The van der Waals surface area contributed by atoms with Crippen LogP contribution in [0.3, 0.4) is 0 Å². The van der Waals surface area contributed by atoms with Gasteiger partial charge in [-0.15, -0.1) is 11.3 Å². The first-order valence-corrected chi connectivity index (χ1v) is 8.45. The lowest BCUT2D eigenvalue weighted by molar-refractivity contribution is 0.0461. The zero-order valence-electron chi connectivity index (χ0n) is 12.0. The van der Waals surface area contributed by atoms with Crippen molar-refractivity contribution in [1.29, 1.82) is 0 Å². The molecule has 0 aromatic carbocycles. The number of thiophene rings is 1. The summed E-state index contributed by atoms with van der Waals surface area (Å²) in [5, 5.41) is 2.13. The fraction of sp³-hybridized carbons (Fsp3) is 0.562. The van der Waals surface area contributed by atoms with Gasteiger partial charge in [0.15, 0.2) is 0 Å². The first-order chi connectivity index (χ1) is 9.88. The second-order valence-electron chi connectivity index (χ2n) is 5.38. The van der Waals surface area contributed by atoms with Crippen molar-refractivity contribution in [2.45, 2.75) is 38.7 Å². The van der Waals surface area contributed by atoms with Gasteiger partial charge in [0.25, 0.3) is 0 Å². The molecule has 4 heteroatoms. The number of anilines is 1. The molecule has 1 aliphatic heterocycles. The molecular formula is C16H22N2OS. The molecule has 1 unspecified atom stereocenters. The summed E-state index contributed by atoms with van der Waals surface area (Å²) < 4.78 is 7.25. The molecule has 0 saturated carbocycles. The minimum absolute atomic E-state index is 0.445. The van der Waals surface area contributed by atoms with E-state index in [9.17, 15) is 0 Å². The van der Waals surface area contributed by atoms with Crippen LogP contribution < -0.4 is 4.90 Å². The summed E-state index contributed by atoms with van der Waals surface area (Å²) in [5.41, 5.74) is 2.47. The van der Waals surface area contributed by atoms with E-state index < -0.39 is 0 Å². The van der Waals surface area contributed by atoms with E-state index in [2.05, 4.69) is 34.3 Å². The zero-order valence-corrected chi connectivity index (χ0v) is 12.9. The number of pyridine rings is 1. The van der Waals surface area contributed by atoms with Crippen molar-refractivity contribution in [3.63, 3.8) is 0 Å². The Bertz CT molecular complexity index is 554. The Labute approximate surface area is 124 Å². The molecule has 3 nitrogen and oxygen atoms in total. The van der Waals surface area contributed by atoms with Gasteiger partial charge in [-0.2, -0.15) is 0 Å². The molecule has 2 aromatic rings. The molecule has 3 rings (SSSR count). The molecule has 0 N–H and O–H groups in total. The third kappa shape index (κ3) is 2.96. The molecule has 0 radical (unpaired) electrons. The Morgan fingerprint density at radius 3 is 3.20 bits per heavy atom. The maximum Gasteiger partial charge on any atom is 0.0830 e. The molecule has 2 aromatic heterocycles. The van der Waals surface area contributed by atoms with Crippen LogP contribution >= 0.6 is 11.3 Å². The Kier molecular flexibility index (Phi) is 4.53. The van der Waals surface area contributed by atoms with E-state index in [4.69, 9.17) is 4.74 Å². The Morgan fingerprint density at radius 2 is 2.30 bits per heavy atom. The molecule has 0 amide bonds. The highest BCUT2D eigenvalue weighted by Gasteiger charge is 2.19. The predicted octanol–water partition coefficient (Wildman–Crippen LogP) is 4.08. The van der Waals surface area contributed by atoms with E-state index in [0.29, 0.717) is 6.10 Å². The van der Waals surface area contributed by atoms with Crippen LogP contribution in [0.1, 0.15) is 32.6 Å². The number of rotatable bonds is 4. The third-order valence-electron chi connectivity index (χ3n) is 3.90. The van der Waals surface area contributed by atoms with Gasteiger partial charge in [-0.1, -0.05) is 6.92 Å². The van der Waals surface area contributed by atoms with Crippen LogP contribution in [-0.4, -0.2) is 30.8 Å². The van der Waals surface area contributed by atoms with Crippen molar-refractivity contribution in [1.82, 2.24) is 4.98 Å². The minimum atomic E-state index is 0.445. The van der Waals surface area contributed by atoms with Crippen molar-refractivity contribution in [3.05, 3.63) is 23.7 Å². The van der Waals surface area contributed by atoms with Gasteiger partial charge >= 0.3 is 0 Å². The lowest BCUT2D eigenvalue weighted by Gasteiger charge is -2.23. The standard InChI is InChI=1S/C16H22N2OS/c1-2-11-19-13-4-3-9-18(10-6-13)15-5-8-17-14-7-12-20-16(14)15/h5,7-8,12-13H,2-4,6,9-11H2,1H3. The molecular weight excluding hydrogens is 268 g/mol. The first-order valence-electron chi connectivity index (χ1n) is 7.57. The highest BCUT2D eigenvalue weighted by Crippen LogP contribution is 2.31. The van der Waals surface area contributed by atoms with Crippen molar-refractivity contribution < 1.29 is 4.74 Å². The van der Waals surface area contributed by atoms with Gasteiger partial charge in [0.2, 0.25) is 0 Å². The quantitative estimate of drug-likeness (QED) is 0.848. The van der Waals surface area contributed by atoms with Crippen LogP contribution in [-0.2, 0) is 4.74 Å². The summed E-state index contributed by atoms with van der Waals surface area (Å²) in [6.45, 7) is 5.29. The topological polar surface area (TPSA) is 25.4 Å². The zero-order chi connectivity index (χ0) is 13.8. The van der Waals surface area contributed by atoms with E-state index in [1.807, 2.05) is 6.20 Å². The minimum Gasteiger partial charge on any atom is -0.378 e. The van der Waals surface area contributed by atoms with Gasteiger partial charge in [0.05, 0.1) is 22.0 Å². The Hall–Kier alpha value is -1.13. The summed E-state index contributed by atoms with van der Waals surface area (Å²) in [4.78, 5) is 6.94. The predicted molar refractivity (Wildman–Crippen MR) is 85.7 cm³/mol. The second-order valence-corrected chi connectivity index (χ2v) is 6.29. The molecule has 1 atom stereocenters. The van der Waals surface area contributed by atoms with E-state index in [-0.39, 0.29) is 0 Å². The van der Waals surface area contributed by atoms with Crippen LogP contribution in [0.4, 0.5) is 5.69 Å². The van der Waals surface area contributed by atoms with Gasteiger partial charge in [-0.05, 0) is 43.2 Å². The largest absolute Gasteiger partial charge is 0.378 e. The summed E-state index contributed by atoms with van der Waals surface area (Å²) >= 11 is 1.79. The molecule has 0 spiro atoms. The summed E-state index contributed by atoms with van der Waals surface area (Å²) in [5.74, 6) is 0. The molecule has 1 fully saturated rings. The van der Waals surface area contributed by atoms with Crippen molar-refractivity contribution in [3.8, 4) is 0 Å². The van der Waals surface area contributed by atoms with Crippen LogP contribution in [0.2, 0.25) is 0 Å². The number of nitrogens with zero attached hydrogens (tertiary/aromatic N) is 2. The van der Waals surface area contributed by atoms with E-state index in [0.717, 1.165) is 38.1 Å². The summed E-state index contributed by atoms with van der Waals surface area (Å²) in [7, 11) is 0. The molecule has 108 valence electrons. The van der Waals surface area contributed by atoms with E-state index >= 15 is 0 Å². The average Bonchev–Trinajstić information content (AvgIpc) is 2.83. The molecule has 0 aliphatic carbocycles. The number of fused-ring (bicyclic) bond motifs is 1. The number of aromatic nitrogens is 1. The molecule has 3 heterocycles. The first kappa shape index (κ1) is 13.8. The third-order valence-corrected chi connectivity index (χ3v) is 4.82. The summed E-state index contributed by atoms with van der Waals surface area (Å²) in [6, 6.07) is 4.26. The molecule has 1 saturated heterocycles. The highest BCUT2D eigenvalue weighted by atomic mass is 32.1. The summed E-state index contributed by atoms with van der Waals surface area (Å²) in [6.07, 6.45) is 7.02. The SMILES string of the molecule is CCCOC1CCCN(c2ccnc3ccsc23)CC1. The number of hydrogen-bond donors (Lipinski definition) is 0. The number of hydrogen-bond acceptors (Lipinski definition) is 4. The monoisotopic (exact) mass is 290 g/mol. The van der Waals surface area contributed by atoms with Crippen LogP contribution in [0.15, 0.2) is 23.7 Å². The lowest BCUT2D eigenvalue weighted by Crippen LogP contribution is -2.25. The van der Waals surface area contributed by atoms with Gasteiger partial charge in [-0.3, -0.25) is 4.98 Å². The molecule has 20 heavy (non-hydrogen) atoms.